The Hall–Kier alpha value is -0.520. The molecule has 14 heavy (non-hydrogen) atoms. The molecule has 2 aliphatic carbocycles. The van der Waals surface area contributed by atoms with Crippen molar-refractivity contribution < 1.29 is 27.8 Å². The van der Waals surface area contributed by atoms with Gasteiger partial charge in [-0.05, 0) is 12.2 Å². The summed E-state index contributed by atoms with van der Waals surface area (Å²) in [5.74, 6) is 1.07. The van der Waals surface area contributed by atoms with Gasteiger partial charge < -0.3 is 9.78 Å². The van der Waals surface area contributed by atoms with Gasteiger partial charge in [0.25, 0.3) is 0 Å². The quantitative estimate of drug-likeness (QED) is 0.387. The zero-order valence-electron chi connectivity index (χ0n) is 6.84. The highest BCUT2D eigenvalue weighted by Crippen LogP contribution is 2.53. The summed E-state index contributed by atoms with van der Waals surface area (Å²) in [5, 5.41) is 0. The van der Waals surface area contributed by atoms with E-state index in [0.717, 1.165) is 0 Å². The molecule has 0 fully saturated rings. The van der Waals surface area contributed by atoms with Gasteiger partial charge in [0, 0.05) is 12.8 Å². The van der Waals surface area contributed by atoms with Crippen molar-refractivity contribution in [1.82, 2.24) is 0 Å². The predicted molar refractivity (Wildman–Crippen MR) is 44.3 cm³/mol. The van der Waals surface area contributed by atoms with Crippen LogP contribution in [0.1, 0.15) is 12.8 Å². The average Bonchev–Trinajstić information content (AvgIpc) is 3.05. The second-order valence-corrected chi connectivity index (χ2v) is 4.33. The third-order valence-electron chi connectivity index (χ3n) is 1.30. The molecule has 0 amide bonds. The smallest absolute Gasteiger partial charge is 0.332 e. The average molecular weight is 241 g/mol. The molecule has 2 aliphatic rings. The van der Waals surface area contributed by atoms with E-state index < -0.39 is 7.82 Å². The van der Waals surface area contributed by atoms with Gasteiger partial charge in [-0.3, -0.25) is 0 Å². The van der Waals surface area contributed by atoms with Crippen LogP contribution in [0.3, 0.4) is 0 Å². The lowest BCUT2D eigenvalue weighted by Crippen LogP contribution is -1.94. The summed E-state index contributed by atoms with van der Waals surface area (Å²) in [4.78, 5) is 9.05. The summed E-state index contributed by atoms with van der Waals surface area (Å²) in [6, 6.07) is 0. The van der Waals surface area contributed by atoms with Crippen LogP contribution in [0.2, 0.25) is 0 Å². The maximum atomic E-state index is 11.3. The minimum Gasteiger partial charge on any atom is -0.332 e. The van der Waals surface area contributed by atoms with Crippen molar-refractivity contribution in [1.29, 1.82) is 0 Å². The Labute approximate surface area is 84.6 Å². The topological polar surface area (TPSA) is 63.2 Å². The van der Waals surface area contributed by atoms with E-state index in [-0.39, 0.29) is 0 Å². The Morgan fingerprint density at radius 2 is 1.57 bits per heavy atom. The molecule has 0 heterocycles. The van der Waals surface area contributed by atoms with Gasteiger partial charge in [-0.15, -0.1) is 0 Å². The number of rotatable bonds is 7. The third kappa shape index (κ3) is 3.01. The van der Waals surface area contributed by atoms with Crippen LogP contribution in [-0.2, 0) is 27.8 Å². The van der Waals surface area contributed by atoms with E-state index in [1.807, 2.05) is 0 Å². The molecule has 0 N–H and O–H groups in total. The normalized spacial score (nSPS) is 18.4. The second-order valence-electron chi connectivity index (χ2n) is 2.58. The summed E-state index contributed by atoms with van der Waals surface area (Å²) in [5.41, 5.74) is 0. The Morgan fingerprint density at radius 3 is 1.86 bits per heavy atom. The molecule has 6 nitrogen and oxygen atoms in total. The minimum atomic E-state index is -3.99. The molecular formula is C6H6ClO6P. The minimum absolute atomic E-state index is 0.535. The molecule has 0 aromatic carbocycles. The van der Waals surface area contributed by atoms with E-state index in [1.54, 1.807) is 12.2 Å². The molecule has 0 saturated heterocycles. The van der Waals surface area contributed by atoms with E-state index in [4.69, 9.17) is 11.9 Å². The van der Waals surface area contributed by atoms with Gasteiger partial charge in [0.15, 0.2) is 0 Å². The first-order chi connectivity index (χ1) is 6.72. The molecule has 0 aliphatic heterocycles. The molecule has 2 rings (SSSR count). The fourth-order valence-corrected chi connectivity index (χ4v) is 1.02. The third-order valence-corrected chi connectivity index (χ3v) is 2.49. The summed E-state index contributed by atoms with van der Waals surface area (Å²) in [6.45, 7) is 0. The number of halogens is 1. The standard InChI is InChI=1S/C6H6ClO6P/c7-11-14(8,12-9-5-1-2-5)13-10-6-3-4-6/h1,3H,2,4H2. The largest absolute Gasteiger partial charge is 0.563 e. The summed E-state index contributed by atoms with van der Waals surface area (Å²) in [6.07, 6.45) is 4.72. The lowest BCUT2D eigenvalue weighted by Gasteiger charge is -2.09. The van der Waals surface area contributed by atoms with Crippen molar-refractivity contribution >= 4 is 19.7 Å². The monoisotopic (exact) mass is 240 g/mol. The van der Waals surface area contributed by atoms with Crippen molar-refractivity contribution in [2.75, 3.05) is 0 Å². The summed E-state index contributed by atoms with van der Waals surface area (Å²) < 4.78 is 24.0. The highest BCUT2D eigenvalue weighted by Gasteiger charge is 2.34. The summed E-state index contributed by atoms with van der Waals surface area (Å²) in [7, 11) is -3.99. The number of hydrogen-bond acceptors (Lipinski definition) is 6. The molecule has 0 bridgehead atoms. The van der Waals surface area contributed by atoms with Crippen molar-refractivity contribution in [2.45, 2.75) is 12.8 Å². The molecule has 0 atom stereocenters. The zero-order valence-corrected chi connectivity index (χ0v) is 8.49. The van der Waals surface area contributed by atoms with Crippen LogP contribution >= 0.6 is 19.7 Å². The predicted octanol–water partition coefficient (Wildman–Crippen LogP) is 2.74. The van der Waals surface area contributed by atoms with Crippen molar-refractivity contribution in [3.05, 3.63) is 23.7 Å². The van der Waals surface area contributed by atoms with Gasteiger partial charge >= 0.3 is 7.82 Å². The van der Waals surface area contributed by atoms with E-state index in [9.17, 15) is 4.57 Å². The lowest BCUT2D eigenvalue weighted by atomic mass is 10.9. The van der Waals surface area contributed by atoms with E-state index >= 15 is 0 Å². The molecule has 0 radical (unpaired) electrons. The van der Waals surface area contributed by atoms with Gasteiger partial charge in [0.1, 0.15) is 11.5 Å². The fraction of sp³-hybridized carbons (Fsp3) is 0.333. The van der Waals surface area contributed by atoms with Crippen molar-refractivity contribution in [3.8, 4) is 0 Å². The maximum absolute atomic E-state index is 11.3. The Kier molecular flexibility index (Phi) is 2.80. The maximum Gasteiger partial charge on any atom is 0.563 e. The molecular weight excluding hydrogens is 234 g/mol. The van der Waals surface area contributed by atoms with Crippen molar-refractivity contribution in [2.24, 2.45) is 0 Å². The molecule has 0 spiro atoms. The molecule has 8 heteroatoms. The molecule has 78 valence electrons. The van der Waals surface area contributed by atoms with Gasteiger partial charge in [-0.25, -0.2) is 4.57 Å². The van der Waals surface area contributed by atoms with E-state index in [2.05, 4.69) is 23.2 Å². The molecule has 0 unspecified atom stereocenters. The number of phosphoric acid groups is 1. The molecule has 0 aromatic rings. The first-order valence-corrected chi connectivity index (χ1v) is 5.50. The second kappa shape index (κ2) is 3.92. The van der Waals surface area contributed by atoms with Crippen LogP contribution in [-0.4, -0.2) is 0 Å². The number of allylic oxidation sites excluding steroid dienone is 4. The Bertz CT molecular complexity index is 309. The van der Waals surface area contributed by atoms with E-state index in [1.165, 1.54) is 0 Å². The van der Waals surface area contributed by atoms with Gasteiger partial charge in [-0.2, -0.15) is 4.08 Å². The van der Waals surface area contributed by atoms with Crippen LogP contribution in [0.15, 0.2) is 23.7 Å². The van der Waals surface area contributed by atoms with Crippen molar-refractivity contribution in [3.63, 3.8) is 0 Å². The van der Waals surface area contributed by atoms with Crippen LogP contribution in [0.5, 0.6) is 0 Å². The Balaban J connectivity index is 1.76. The number of hydrogen-bond donors (Lipinski definition) is 0. The van der Waals surface area contributed by atoms with Gasteiger partial charge in [0.2, 0.25) is 0 Å². The van der Waals surface area contributed by atoms with Gasteiger partial charge in [-0.1, -0.05) is 9.35 Å². The SMILES string of the molecule is O=P(OCl)(OOC1=CC1)OOC1=CC1. The molecule has 0 aromatic heterocycles. The summed E-state index contributed by atoms with van der Waals surface area (Å²) >= 11 is 4.90. The van der Waals surface area contributed by atoms with Crippen LogP contribution in [0.4, 0.5) is 0 Å². The van der Waals surface area contributed by atoms with Crippen LogP contribution in [0, 0.1) is 0 Å². The van der Waals surface area contributed by atoms with Crippen LogP contribution < -0.4 is 0 Å². The van der Waals surface area contributed by atoms with Crippen LogP contribution in [0.25, 0.3) is 0 Å². The van der Waals surface area contributed by atoms with Gasteiger partial charge in [0.05, 0.1) is 11.9 Å². The highest BCUT2D eigenvalue weighted by molar-refractivity contribution is 7.49. The Morgan fingerprint density at radius 1 is 1.14 bits per heavy atom. The highest BCUT2D eigenvalue weighted by atomic mass is 35.5. The molecule has 0 saturated carbocycles. The zero-order chi connectivity index (χ0) is 10.0. The fourth-order valence-electron chi connectivity index (χ4n) is 0.442. The first kappa shape index (κ1) is 10.0. The first-order valence-electron chi connectivity index (χ1n) is 3.73. The van der Waals surface area contributed by atoms with E-state index in [0.29, 0.717) is 24.4 Å². The lowest BCUT2D eigenvalue weighted by molar-refractivity contribution is -0.238.